The van der Waals surface area contributed by atoms with Crippen LogP contribution in [0.2, 0.25) is 0 Å². The largest absolute Gasteiger partial charge is 0.345 e. The maximum absolute atomic E-state index is 5.45. The van der Waals surface area contributed by atoms with E-state index in [0.717, 1.165) is 30.0 Å². The molecule has 2 rings (SSSR count). The summed E-state index contributed by atoms with van der Waals surface area (Å²) in [6, 6.07) is 10.4. The number of anilines is 1. The highest BCUT2D eigenvalue weighted by Gasteiger charge is 2.11. The highest BCUT2D eigenvalue weighted by atomic mass is 15.2. The first-order valence-corrected chi connectivity index (χ1v) is 6.51. The Bertz CT molecular complexity index is 598. The normalized spacial score (nSPS) is 10.4. The molecular weight excluding hydrogens is 234 g/mol. The van der Waals surface area contributed by atoms with Gasteiger partial charge in [0.15, 0.2) is 0 Å². The number of nitrogens with one attached hydrogen (secondary N) is 1. The van der Waals surface area contributed by atoms with E-state index in [4.69, 9.17) is 11.4 Å². The number of hydrogen-bond acceptors (Lipinski definition) is 3. The van der Waals surface area contributed by atoms with Crippen LogP contribution in [-0.2, 0) is 6.54 Å². The van der Waals surface area contributed by atoms with Gasteiger partial charge in [0, 0.05) is 18.5 Å². The zero-order valence-corrected chi connectivity index (χ0v) is 11.5. The van der Waals surface area contributed by atoms with Gasteiger partial charge in [-0.25, -0.2) is 4.98 Å². The van der Waals surface area contributed by atoms with Crippen molar-refractivity contribution in [1.82, 2.24) is 10.3 Å². The number of hydrogen-bond donors (Lipinski definition) is 1. The van der Waals surface area contributed by atoms with E-state index in [2.05, 4.69) is 41.3 Å². The third-order valence-corrected chi connectivity index (χ3v) is 3.09. The highest BCUT2D eigenvalue weighted by Crippen LogP contribution is 2.25. The maximum atomic E-state index is 5.45. The van der Waals surface area contributed by atoms with Crippen molar-refractivity contribution in [3.05, 3.63) is 36.0 Å². The zero-order valence-electron chi connectivity index (χ0n) is 11.5. The lowest BCUT2D eigenvalue weighted by molar-refractivity contribution is 0.786. The lowest BCUT2D eigenvalue weighted by Gasteiger charge is -2.22. The van der Waals surface area contributed by atoms with Crippen LogP contribution in [0, 0.1) is 12.3 Å². The second-order valence-electron chi connectivity index (χ2n) is 4.41. The van der Waals surface area contributed by atoms with Crippen molar-refractivity contribution >= 4 is 16.6 Å². The zero-order chi connectivity index (χ0) is 13.7. The van der Waals surface area contributed by atoms with Gasteiger partial charge in [-0.1, -0.05) is 30.2 Å². The van der Waals surface area contributed by atoms with Gasteiger partial charge < -0.3 is 10.2 Å². The molecule has 98 valence electrons. The van der Waals surface area contributed by atoms with E-state index in [1.807, 2.05) is 19.2 Å². The van der Waals surface area contributed by atoms with E-state index in [9.17, 15) is 0 Å². The van der Waals surface area contributed by atoms with Crippen LogP contribution in [0.25, 0.3) is 10.8 Å². The summed E-state index contributed by atoms with van der Waals surface area (Å²) in [6.45, 7) is 4.28. The van der Waals surface area contributed by atoms with Crippen LogP contribution < -0.4 is 10.2 Å². The molecule has 0 spiro atoms. The molecule has 3 heteroatoms. The molecule has 19 heavy (non-hydrogen) atoms. The molecule has 1 heterocycles. The van der Waals surface area contributed by atoms with Gasteiger partial charge in [-0.15, -0.1) is 6.42 Å². The quantitative estimate of drug-likeness (QED) is 0.829. The van der Waals surface area contributed by atoms with Crippen LogP contribution in [0.3, 0.4) is 0 Å². The maximum Gasteiger partial charge on any atom is 0.137 e. The fourth-order valence-electron chi connectivity index (χ4n) is 2.19. The average Bonchev–Trinajstić information content (AvgIpc) is 2.44. The van der Waals surface area contributed by atoms with Gasteiger partial charge in [-0.05, 0) is 25.4 Å². The fraction of sp³-hybridized carbons (Fsp3) is 0.312. The first kappa shape index (κ1) is 13.4. The van der Waals surface area contributed by atoms with Gasteiger partial charge in [-0.2, -0.15) is 0 Å². The molecule has 0 saturated heterocycles. The molecule has 1 aromatic heterocycles. The van der Waals surface area contributed by atoms with Crippen molar-refractivity contribution < 1.29 is 0 Å². The molecule has 0 fully saturated rings. The summed E-state index contributed by atoms with van der Waals surface area (Å²) in [5.74, 6) is 3.68. The summed E-state index contributed by atoms with van der Waals surface area (Å²) in [7, 11) is 1.93. The topological polar surface area (TPSA) is 28.2 Å². The molecule has 0 aliphatic carbocycles. The number of benzene rings is 1. The number of pyridine rings is 1. The second kappa shape index (κ2) is 6.21. The van der Waals surface area contributed by atoms with E-state index in [1.54, 1.807) is 0 Å². The van der Waals surface area contributed by atoms with Gasteiger partial charge >= 0.3 is 0 Å². The smallest absolute Gasteiger partial charge is 0.137 e. The number of aromatic nitrogens is 1. The average molecular weight is 253 g/mol. The fourth-order valence-corrected chi connectivity index (χ4v) is 2.19. The van der Waals surface area contributed by atoms with Crippen LogP contribution in [0.1, 0.15) is 12.6 Å². The molecule has 0 aliphatic heterocycles. The van der Waals surface area contributed by atoms with Crippen molar-refractivity contribution in [3.63, 3.8) is 0 Å². The standard InChI is InChI=1S/C16H19N3/c1-4-10-19(5-2)16-15-9-7-6-8-13(15)11-14(18-16)12-17-3/h1,6-9,11,17H,5,10,12H2,2-3H3. The van der Waals surface area contributed by atoms with Crippen LogP contribution >= 0.6 is 0 Å². The SMILES string of the molecule is C#CCN(CC)c1nc(CNC)cc2ccccc12. The van der Waals surface area contributed by atoms with Crippen molar-refractivity contribution in [3.8, 4) is 12.3 Å². The molecular formula is C16H19N3. The summed E-state index contributed by atoms with van der Waals surface area (Å²) in [5.41, 5.74) is 1.03. The molecule has 0 radical (unpaired) electrons. The van der Waals surface area contributed by atoms with Gasteiger partial charge in [0.1, 0.15) is 5.82 Å². The summed E-state index contributed by atoms with van der Waals surface area (Å²) in [6.07, 6.45) is 5.45. The minimum absolute atomic E-state index is 0.580. The van der Waals surface area contributed by atoms with Gasteiger partial charge in [0.25, 0.3) is 0 Å². The molecule has 0 saturated carbocycles. The Morgan fingerprint density at radius 1 is 1.37 bits per heavy atom. The number of rotatable bonds is 5. The Balaban J connectivity index is 2.58. The Morgan fingerprint density at radius 2 is 2.16 bits per heavy atom. The monoisotopic (exact) mass is 253 g/mol. The molecule has 0 unspecified atom stereocenters. The van der Waals surface area contributed by atoms with Gasteiger partial charge in [0.2, 0.25) is 0 Å². The molecule has 0 atom stereocenters. The molecule has 2 aromatic rings. The molecule has 3 nitrogen and oxygen atoms in total. The third kappa shape index (κ3) is 2.86. The summed E-state index contributed by atoms with van der Waals surface area (Å²) >= 11 is 0. The Morgan fingerprint density at radius 3 is 2.84 bits per heavy atom. The number of terminal acetylenes is 1. The predicted octanol–water partition coefficient (Wildman–Crippen LogP) is 2.41. The Kier molecular flexibility index (Phi) is 4.38. The number of fused-ring (bicyclic) bond motifs is 1. The minimum Gasteiger partial charge on any atom is -0.345 e. The summed E-state index contributed by atoms with van der Waals surface area (Å²) in [4.78, 5) is 6.87. The molecule has 1 aromatic carbocycles. The predicted molar refractivity (Wildman–Crippen MR) is 81.2 cm³/mol. The lowest BCUT2D eigenvalue weighted by Crippen LogP contribution is -2.25. The van der Waals surface area contributed by atoms with Crippen molar-refractivity contribution in [2.24, 2.45) is 0 Å². The molecule has 1 N–H and O–H groups in total. The summed E-state index contributed by atoms with van der Waals surface area (Å²) < 4.78 is 0. The minimum atomic E-state index is 0.580. The Labute approximate surface area is 114 Å². The third-order valence-electron chi connectivity index (χ3n) is 3.09. The van der Waals surface area contributed by atoms with Crippen molar-refractivity contribution in [2.75, 3.05) is 25.0 Å². The van der Waals surface area contributed by atoms with Crippen LogP contribution in [0.5, 0.6) is 0 Å². The molecule has 0 amide bonds. The van der Waals surface area contributed by atoms with Crippen molar-refractivity contribution in [1.29, 1.82) is 0 Å². The lowest BCUT2D eigenvalue weighted by atomic mass is 10.1. The van der Waals surface area contributed by atoms with Crippen LogP contribution in [0.15, 0.2) is 30.3 Å². The Hall–Kier alpha value is -2.05. The summed E-state index contributed by atoms with van der Waals surface area (Å²) in [5, 5.41) is 5.50. The number of nitrogens with zero attached hydrogens (tertiary/aromatic N) is 2. The van der Waals surface area contributed by atoms with E-state index < -0.39 is 0 Å². The van der Waals surface area contributed by atoms with E-state index >= 15 is 0 Å². The second-order valence-corrected chi connectivity index (χ2v) is 4.41. The molecule has 0 bridgehead atoms. The van der Waals surface area contributed by atoms with Crippen LogP contribution in [-0.4, -0.2) is 25.1 Å². The van der Waals surface area contributed by atoms with E-state index in [0.29, 0.717) is 6.54 Å². The first-order valence-electron chi connectivity index (χ1n) is 6.51. The molecule has 0 aliphatic rings. The highest BCUT2D eigenvalue weighted by molar-refractivity contribution is 5.92. The van der Waals surface area contributed by atoms with Crippen molar-refractivity contribution in [2.45, 2.75) is 13.5 Å². The van der Waals surface area contributed by atoms with Crippen LogP contribution in [0.4, 0.5) is 5.82 Å². The van der Waals surface area contributed by atoms with Gasteiger partial charge in [-0.3, -0.25) is 0 Å². The van der Waals surface area contributed by atoms with Gasteiger partial charge in [0.05, 0.1) is 12.2 Å². The first-order chi connectivity index (χ1) is 9.30. The van der Waals surface area contributed by atoms with E-state index in [-0.39, 0.29) is 0 Å². The van der Waals surface area contributed by atoms with E-state index in [1.165, 1.54) is 5.39 Å².